The van der Waals surface area contributed by atoms with Gasteiger partial charge in [-0.3, -0.25) is 14.8 Å². The van der Waals surface area contributed by atoms with Crippen LogP contribution in [-0.4, -0.2) is 29.8 Å². The summed E-state index contributed by atoms with van der Waals surface area (Å²) in [4.78, 5) is 0. The summed E-state index contributed by atoms with van der Waals surface area (Å²) >= 11 is 0. The van der Waals surface area contributed by atoms with Crippen molar-refractivity contribution in [2.75, 3.05) is 14.1 Å². The lowest BCUT2D eigenvalue weighted by Gasteiger charge is -2.32. The van der Waals surface area contributed by atoms with Crippen LogP contribution in [0, 0.1) is 0 Å². The van der Waals surface area contributed by atoms with Gasteiger partial charge >= 0.3 is 0 Å². The van der Waals surface area contributed by atoms with Crippen molar-refractivity contribution in [1.29, 1.82) is 0 Å². The van der Waals surface area contributed by atoms with Gasteiger partial charge in [-0.05, 0) is 41.8 Å². The van der Waals surface area contributed by atoms with E-state index >= 15 is 0 Å². The monoisotopic (exact) mass is 189 g/mol. The molecule has 1 rings (SSSR count). The standard InChI is InChI=1S/C8H20N3P/c1-7(2)8(3,4)10-12(9-7)11(5)6/h9-10H,1-6H3. The van der Waals surface area contributed by atoms with E-state index in [1.165, 1.54) is 0 Å². The molecule has 2 N–H and O–H groups in total. The van der Waals surface area contributed by atoms with Crippen molar-refractivity contribution in [3.05, 3.63) is 0 Å². The Hall–Kier alpha value is 0.310. The molecule has 0 radical (unpaired) electrons. The second-order valence-corrected chi connectivity index (χ2v) is 6.50. The van der Waals surface area contributed by atoms with Gasteiger partial charge in [-0.1, -0.05) is 0 Å². The van der Waals surface area contributed by atoms with Crippen molar-refractivity contribution < 1.29 is 0 Å². The van der Waals surface area contributed by atoms with Crippen LogP contribution in [-0.2, 0) is 0 Å². The average molecular weight is 189 g/mol. The van der Waals surface area contributed by atoms with E-state index in [0.29, 0.717) is 0 Å². The lowest BCUT2D eigenvalue weighted by molar-refractivity contribution is 0.295. The number of rotatable bonds is 1. The van der Waals surface area contributed by atoms with Gasteiger partial charge in [-0.25, -0.2) is 0 Å². The summed E-state index contributed by atoms with van der Waals surface area (Å²) in [6.45, 7) is 8.97. The number of hydrogen-bond acceptors (Lipinski definition) is 3. The fourth-order valence-electron chi connectivity index (χ4n) is 1.04. The van der Waals surface area contributed by atoms with Gasteiger partial charge in [0.05, 0.1) is 0 Å². The SMILES string of the molecule is CN(C)P1NC(C)(C)C(C)(C)N1. The number of hydrogen-bond donors (Lipinski definition) is 2. The van der Waals surface area contributed by atoms with E-state index in [9.17, 15) is 0 Å². The van der Waals surface area contributed by atoms with Crippen molar-refractivity contribution >= 4 is 8.37 Å². The Morgan fingerprint density at radius 2 is 1.25 bits per heavy atom. The molecule has 1 aliphatic heterocycles. The highest BCUT2D eigenvalue weighted by Crippen LogP contribution is 2.45. The van der Waals surface area contributed by atoms with Crippen LogP contribution in [0.4, 0.5) is 0 Å². The Morgan fingerprint density at radius 3 is 1.42 bits per heavy atom. The van der Waals surface area contributed by atoms with E-state index in [1.54, 1.807) is 0 Å². The molecule has 72 valence electrons. The van der Waals surface area contributed by atoms with Crippen molar-refractivity contribution in [1.82, 2.24) is 14.8 Å². The van der Waals surface area contributed by atoms with Gasteiger partial charge in [0.2, 0.25) is 0 Å². The zero-order valence-corrected chi connectivity index (χ0v) is 9.79. The van der Waals surface area contributed by atoms with Crippen LogP contribution in [0.15, 0.2) is 0 Å². The van der Waals surface area contributed by atoms with E-state index in [1.807, 2.05) is 0 Å². The maximum atomic E-state index is 3.60. The predicted molar refractivity (Wildman–Crippen MR) is 55.0 cm³/mol. The first-order valence-electron chi connectivity index (χ1n) is 4.29. The summed E-state index contributed by atoms with van der Waals surface area (Å²) < 4.78 is 2.21. The molecule has 0 aliphatic carbocycles. The molecule has 4 heteroatoms. The molecule has 0 bridgehead atoms. The highest BCUT2D eigenvalue weighted by Gasteiger charge is 2.46. The largest absolute Gasteiger partial charge is 0.264 e. The normalized spacial score (nSPS) is 28.2. The summed E-state index contributed by atoms with van der Waals surface area (Å²) in [5.41, 5.74) is 0.339. The van der Waals surface area contributed by atoms with Crippen LogP contribution >= 0.6 is 8.37 Å². The molecule has 1 heterocycles. The summed E-state index contributed by atoms with van der Waals surface area (Å²) in [7, 11) is 3.85. The third kappa shape index (κ3) is 1.64. The zero-order chi connectivity index (χ0) is 9.57. The Balaban J connectivity index is 2.74. The quantitative estimate of drug-likeness (QED) is 0.612. The van der Waals surface area contributed by atoms with E-state index in [-0.39, 0.29) is 19.5 Å². The summed E-state index contributed by atoms with van der Waals surface area (Å²) in [5, 5.41) is 7.20. The Kier molecular flexibility index (Phi) is 2.52. The molecule has 1 fully saturated rings. The maximum Gasteiger partial charge on any atom is 0.115 e. The Bertz CT molecular complexity index is 161. The first-order valence-corrected chi connectivity index (χ1v) is 5.59. The lowest BCUT2D eigenvalue weighted by atomic mass is 9.85. The minimum atomic E-state index is -0.347. The first-order chi connectivity index (χ1) is 5.26. The van der Waals surface area contributed by atoms with Gasteiger partial charge in [0.15, 0.2) is 0 Å². The van der Waals surface area contributed by atoms with Crippen LogP contribution in [0.3, 0.4) is 0 Å². The molecule has 0 amide bonds. The second kappa shape index (κ2) is 2.91. The van der Waals surface area contributed by atoms with Gasteiger partial charge < -0.3 is 0 Å². The molecule has 0 aromatic rings. The third-order valence-corrected chi connectivity index (χ3v) is 5.07. The van der Waals surface area contributed by atoms with Crippen molar-refractivity contribution in [3.63, 3.8) is 0 Å². The lowest BCUT2D eigenvalue weighted by Crippen LogP contribution is -2.51. The molecule has 1 aliphatic rings. The molecular formula is C8H20N3P. The fourth-order valence-corrected chi connectivity index (χ4v) is 3.11. The van der Waals surface area contributed by atoms with Crippen molar-refractivity contribution in [2.24, 2.45) is 0 Å². The zero-order valence-electron chi connectivity index (χ0n) is 8.89. The molecule has 0 atom stereocenters. The van der Waals surface area contributed by atoms with Crippen LogP contribution < -0.4 is 10.2 Å². The molecule has 12 heavy (non-hydrogen) atoms. The Morgan fingerprint density at radius 1 is 0.917 bits per heavy atom. The molecule has 0 saturated carbocycles. The van der Waals surface area contributed by atoms with Gasteiger partial charge in [-0.15, -0.1) is 0 Å². The highest BCUT2D eigenvalue weighted by molar-refractivity contribution is 7.51. The van der Waals surface area contributed by atoms with Crippen LogP contribution in [0.5, 0.6) is 0 Å². The molecule has 0 unspecified atom stereocenters. The van der Waals surface area contributed by atoms with Crippen molar-refractivity contribution in [2.45, 2.75) is 38.8 Å². The maximum absolute atomic E-state index is 3.60. The van der Waals surface area contributed by atoms with E-state index in [0.717, 1.165) is 0 Å². The van der Waals surface area contributed by atoms with E-state index < -0.39 is 0 Å². The molecule has 0 aromatic heterocycles. The van der Waals surface area contributed by atoms with Crippen LogP contribution in [0.25, 0.3) is 0 Å². The Labute approximate surface area is 76.8 Å². The molecule has 1 saturated heterocycles. The fraction of sp³-hybridized carbons (Fsp3) is 1.00. The first kappa shape index (κ1) is 10.4. The van der Waals surface area contributed by atoms with E-state index in [2.05, 4.69) is 56.6 Å². The topological polar surface area (TPSA) is 27.3 Å². The second-order valence-electron chi connectivity index (χ2n) is 4.63. The predicted octanol–water partition coefficient (Wildman–Crippen LogP) is 1.52. The smallest absolute Gasteiger partial charge is 0.115 e. The van der Waals surface area contributed by atoms with Crippen LogP contribution in [0.2, 0.25) is 0 Å². The van der Waals surface area contributed by atoms with E-state index in [4.69, 9.17) is 0 Å². The van der Waals surface area contributed by atoms with Crippen molar-refractivity contribution in [3.8, 4) is 0 Å². The summed E-state index contributed by atoms with van der Waals surface area (Å²) in [5.74, 6) is 0. The van der Waals surface area contributed by atoms with Gasteiger partial charge in [0.1, 0.15) is 8.37 Å². The summed E-state index contributed by atoms with van der Waals surface area (Å²) in [6.07, 6.45) is 0. The van der Waals surface area contributed by atoms with Gasteiger partial charge in [-0.2, -0.15) is 0 Å². The number of nitrogens with zero attached hydrogens (tertiary/aromatic N) is 1. The summed E-state index contributed by atoms with van der Waals surface area (Å²) in [6, 6.07) is 0. The molecule has 3 nitrogen and oxygen atoms in total. The molecule has 0 spiro atoms. The average Bonchev–Trinajstić information content (AvgIpc) is 2.03. The minimum Gasteiger partial charge on any atom is -0.264 e. The molecular weight excluding hydrogens is 169 g/mol. The third-order valence-electron chi connectivity index (χ3n) is 2.73. The van der Waals surface area contributed by atoms with Gasteiger partial charge in [0, 0.05) is 11.1 Å². The van der Waals surface area contributed by atoms with Gasteiger partial charge in [0.25, 0.3) is 0 Å². The number of nitrogens with one attached hydrogen (secondary N) is 2. The molecule has 0 aromatic carbocycles. The minimum absolute atomic E-state index is 0.170. The highest BCUT2D eigenvalue weighted by atomic mass is 31.1. The van der Waals surface area contributed by atoms with Crippen LogP contribution in [0.1, 0.15) is 27.7 Å².